The monoisotopic (exact) mass is 464 g/mol. The van der Waals surface area contributed by atoms with Crippen molar-refractivity contribution < 1.29 is 22.7 Å². The highest BCUT2D eigenvalue weighted by Gasteiger charge is 2.40. The standard InChI is InChI=1S/C22H20ClF3N4O2/c23-16-4-2-6-18(12-16)30-20(22(24,25)26)19(13-27-30)21(31)28-17-5-1-3-15(11-17)14-29-7-9-32-10-8-29/h1-6,11-13H,7-10,14H2,(H,28,31). The number of rotatable bonds is 5. The Morgan fingerprint density at radius 1 is 1.12 bits per heavy atom. The summed E-state index contributed by atoms with van der Waals surface area (Å²) in [5, 5.41) is 6.63. The summed E-state index contributed by atoms with van der Waals surface area (Å²) >= 11 is 5.91. The van der Waals surface area contributed by atoms with Gasteiger partial charge in [0.2, 0.25) is 0 Å². The Kier molecular flexibility index (Phi) is 6.50. The minimum atomic E-state index is -4.80. The number of nitrogens with one attached hydrogen (secondary N) is 1. The Bertz CT molecular complexity index is 1110. The van der Waals surface area contributed by atoms with Crippen LogP contribution in [0.15, 0.2) is 54.7 Å². The van der Waals surface area contributed by atoms with Crippen molar-refractivity contribution in [2.75, 3.05) is 31.6 Å². The third-order valence-electron chi connectivity index (χ3n) is 5.03. The molecule has 1 N–H and O–H groups in total. The van der Waals surface area contributed by atoms with E-state index in [0.717, 1.165) is 24.8 Å². The van der Waals surface area contributed by atoms with Crippen LogP contribution >= 0.6 is 11.6 Å². The van der Waals surface area contributed by atoms with E-state index in [1.165, 1.54) is 18.2 Å². The maximum Gasteiger partial charge on any atom is 0.434 e. The van der Waals surface area contributed by atoms with Crippen LogP contribution in [0.25, 0.3) is 5.69 Å². The molecule has 0 spiro atoms. The zero-order valence-electron chi connectivity index (χ0n) is 16.9. The van der Waals surface area contributed by atoms with Gasteiger partial charge >= 0.3 is 6.18 Å². The fourth-order valence-electron chi connectivity index (χ4n) is 3.55. The van der Waals surface area contributed by atoms with Crippen LogP contribution in [0.3, 0.4) is 0 Å². The van der Waals surface area contributed by atoms with Crippen LogP contribution in [0.2, 0.25) is 5.02 Å². The summed E-state index contributed by atoms with van der Waals surface area (Å²) in [6.07, 6.45) is -3.89. The van der Waals surface area contributed by atoms with Crippen molar-refractivity contribution >= 4 is 23.2 Å². The molecule has 2 heterocycles. The summed E-state index contributed by atoms with van der Waals surface area (Å²) < 4.78 is 47.6. The molecule has 168 valence electrons. The Balaban J connectivity index is 1.58. The first kappa shape index (κ1) is 22.3. The summed E-state index contributed by atoms with van der Waals surface area (Å²) in [4.78, 5) is 15.0. The molecule has 32 heavy (non-hydrogen) atoms. The van der Waals surface area contributed by atoms with Crippen molar-refractivity contribution in [3.05, 3.63) is 76.6 Å². The number of nitrogens with zero attached hydrogens (tertiary/aromatic N) is 3. The van der Waals surface area contributed by atoms with Crippen molar-refractivity contribution in [3.63, 3.8) is 0 Å². The topological polar surface area (TPSA) is 59.4 Å². The van der Waals surface area contributed by atoms with Gasteiger partial charge in [-0.25, -0.2) is 4.68 Å². The first-order valence-electron chi connectivity index (χ1n) is 9.93. The normalized spacial score (nSPS) is 15.0. The molecule has 1 fully saturated rings. The molecular weight excluding hydrogens is 445 g/mol. The second-order valence-corrected chi connectivity index (χ2v) is 7.78. The molecule has 1 amide bonds. The lowest BCUT2D eigenvalue weighted by Gasteiger charge is -2.26. The van der Waals surface area contributed by atoms with Gasteiger partial charge in [0.25, 0.3) is 5.91 Å². The summed E-state index contributed by atoms with van der Waals surface area (Å²) in [6, 6.07) is 12.9. The highest BCUT2D eigenvalue weighted by Crippen LogP contribution is 2.34. The molecule has 10 heteroatoms. The molecule has 0 unspecified atom stereocenters. The van der Waals surface area contributed by atoms with Gasteiger partial charge < -0.3 is 10.1 Å². The first-order valence-corrected chi connectivity index (χ1v) is 10.3. The second-order valence-electron chi connectivity index (χ2n) is 7.34. The molecule has 1 aliphatic rings. The van der Waals surface area contributed by atoms with E-state index in [2.05, 4.69) is 15.3 Å². The van der Waals surface area contributed by atoms with Crippen molar-refractivity contribution in [2.24, 2.45) is 0 Å². The predicted molar refractivity (Wildman–Crippen MR) is 114 cm³/mol. The van der Waals surface area contributed by atoms with Crippen LogP contribution < -0.4 is 5.32 Å². The van der Waals surface area contributed by atoms with E-state index in [-0.39, 0.29) is 10.7 Å². The fraction of sp³-hybridized carbons (Fsp3) is 0.273. The average Bonchev–Trinajstić information content (AvgIpc) is 3.21. The van der Waals surface area contributed by atoms with E-state index in [1.54, 1.807) is 24.3 Å². The van der Waals surface area contributed by atoms with E-state index in [9.17, 15) is 18.0 Å². The van der Waals surface area contributed by atoms with E-state index in [4.69, 9.17) is 16.3 Å². The number of halogens is 4. The molecule has 4 rings (SSSR count). The largest absolute Gasteiger partial charge is 0.434 e. The predicted octanol–water partition coefficient (Wildman–Crippen LogP) is 4.63. The number of carbonyl (C=O) groups is 1. The lowest BCUT2D eigenvalue weighted by atomic mass is 10.1. The highest BCUT2D eigenvalue weighted by molar-refractivity contribution is 6.30. The zero-order valence-corrected chi connectivity index (χ0v) is 17.7. The van der Waals surface area contributed by atoms with Crippen molar-refractivity contribution in [3.8, 4) is 5.69 Å². The van der Waals surface area contributed by atoms with Gasteiger partial charge in [-0.2, -0.15) is 18.3 Å². The molecule has 2 aromatic carbocycles. The quantitative estimate of drug-likeness (QED) is 0.598. The van der Waals surface area contributed by atoms with Gasteiger partial charge in [0.05, 0.1) is 30.7 Å². The number of ether oxygens (including phenoxy) is 1. The summed E-state index contributed by atoms with van der Waals surface area (Å²) in [5.74, 6) is -0.894. The van der Waals surface area contributed by atoms with E-state index >= 15 is 0 Å². The maximum absolute atomic E-state index is 13.9. The van der Waals surface area contributed by atoms with E-state index < -0.39 is 23.3 Å². The van der Waals surface area contributed by atoms with Crippen molar-refractivity contribution in [1.82, 2.24) is 14.7 Å². The zero-order chi connectivity index (χ0) is 22.7. The van der Waals surface area contributed by atoms with Crippen molar-refractivity contribution in [2.45, 2.75) is 12.7 Å². The molecule has 0 aliphatic carbocycles. The van der Waals surface area contributed by atoms with Gasteiger partial charge in [-0.15, -0.1) is 0 Å². The molecule has 3 aromatic rings. The molecule has 0 saturated carbocycles. The number of benzene rings is 2. The molecule has 1 aliphatic heterocycles. The number of morpholine rings is 1. The number of amides is 1. The van der Waals surface area contributed by atoms with Crippen LogP contribution in [-0.2, 0) is 17.5 Å². The number of hydrogen-bond acceptors (Lipinski definition) is 4. The smallest absolute Gasteiger partial charge is 0.379 e. The maximum atomic E-state index is 13.9. The number of aromatic nitrogens is 2. The van der Waals surface area contributed by atoms with Crippen LogP contribution in [0.1, 0.15) is 21.6 Å². The van der Waals surface area contributed by atoms with E-state index in [1.807, 2.05) is 6.07 Å². The average molecular weight is 465 g/mol. The van der Waals surface area contributed by atoms with Crippen LogP contribution in [0.4, 0.5) is 18.9 Å². The second kappa shape index (κ2) is 9.32. The molecule has 0 bridgehead atoms. The molecule has 0 radical (unpaired) electrons. The molecule has 6 nitrogen and oxygen atoms in total. The first-order chi connectivity index (χ1) is 15.3. The number of carbonyl (C=O) groups excluding carboxylic acids is 1. The van der Waals surface area contributed by atoms with Crippen molar-refractivity contribution in [1.29, 1.82) is 0 Å². The van der Waals surface area contributed by atoms with Gasteiger partial charge in [0.15, 0.2) is 5.69 Å². The van der Waals surface area contributed by atoms with Gasteiger partial charge in [-0.05, 0) is 35.9 Å². The van der Waals surface area contributed by atoms with Crippen LogP contribution in [0.5, 0.6) is 0 Å². The van der Waals surface area contributed by atoms with Gasteiger partial charge in [0, 0.05) is 30.3 Å². The lowest BCUT2D eigenvalue weighted by Crippen LogP contribution is -2.35. The van der Waals surface area contributed by atoms with Gasteiger partial charge in [-0.3, -0.25) is 9.69 Å². The van der Waals surface area contributed by atoms with Gasteiger partial charge in [0.1, 0.15) is 0 Å². The van der Waals surface area contributed by atoms with Crippen LogP contribution in [0, 0.1) is 0 Å². The molecule has 1 aromatic heterocycles. The Labute approximate surface area is 187 Å². The minimum Gasteiger partial charge on any atom is -0.379 e. The summed E-state index contributed by atoms with van der Waals surface area (Å²) in [7, 11) is 0. The molecule has 0 atom stereocenters. The Morgan fingerprint density at radius 2 is 1.88 bits per heavy atom. The highest BCUT2D eigenvalue weighted by atomic mass is 35.5. The number of hydrogen-bond donors (Lipinski definition) is 1. The number of anilines is 1. The summed E-state index contributed by atoms with van der Waals surface area (Å²) in [6.45, 7) is 3.58. The van der Waals surface area contributed by atoms with Crippen LogP contribution in [-0.4, -0.2) is 46.9 Å². The SMILES string of the molecule is O=C(Nc1cccc(CN2CCOCC2)c1)c1cnn(-c2cccc(Cl)c2)c1C(F)(F)F. The summed E-state index contributed by atoms with van der Waals surface area (Å²) in [5.41, 5.74) is -0.283. The third kappa shape index (κ3) is 5.12. The molecule has 1 saturated heterocycles. The fourth-order valence-corrected chi connectivity index (χ4v) is 3.74. The molecular formula is C22H20ClF3N4O2. The Morgan fingerprint density at radius 3 is 2.59 bits per heavy atom. The number of alkyl halides is 3. The Hall–Kier alpha value is -2.88. The lowest BCUT2D eigenvalue weighted by molar-refractivity contribution is -0.143. The minimum absolute atomic E-state index is 0.108. The third-order valence-corrected chi connectivity index (χ3v) is 5.26. The van der Waals surface area contributed by atoms with E-state index in [0.29, 0.717) is 30.1 Å². The van der Waals surface area contributed by atoms with Gasteiger partial charge in [-0.1, -0.05) is 29.8 Å².